The highest BCUT2D eigenvalue weighted by Gasteiger charge is 2.25. The highest BCUT2D eigenvalue weighted by molar-refractivity contribution is 5.19. The summed E-state index contributed by atoms with van der Waals surface area (Å²) in [4.78, 5) is 12.4. The van der Waals surface area contributed by atoms with E-state index in [9.17, 15) is 4.79 Å². The fraction of sp³-hybridized carbons (Fsp3) is 0.611. The molecule has 0 aromatic carbocycles. The van der Waals surface area contributed by atoms with Gasteiger partial charge in [-0.25, -0.2) is 4.68 Å². The summed E-state index contributed by atoms with van der Waals surface area (Å²) in [6.45, 7) is 2.06. The van der Waals surface area contributed by atoms with Crippen molar-refractivity contribution in [2.45, 2.75) is 57.3 Å². The molecule has 7 nitrogen and oxygen atoms in total. The maximum atomic E-state index is 12.4. The Kier molecular flexibility index (Phi) is 4.67. The fourth-order valence-corrected chi connectivity index (χ4v) is 3.84. The van der Waals surface area contributed by atoms with Crippen LogP contribution in [0.5, 0.6) is 0 Å². The zero-order valence-electron chi connectivity index (χ0n) is 14.6. The quantitative estimate of drug-likeness (QED) is 0.906. The van der Waals surface area contributed by atoms with Crippen molar-refractivity contribution < 1.29 is 4.74 Å². The monoisotopic (exact) mass is 343 g/mol. The number of aromatic nitrogens is 4. The van der Waals surface area contributed by atoms with Gasteiger partial charge in [-0.15, -0.1) is 0 Å². The van der Waals surface area contributed by atoms with Gasteiger partial charge in [0.25, 0.3) is 5.56 Å². The van der Waals surface area contributed by atoms with Crippen molar-refractivity contribution in [1.29, 1.82) is 0 Å². The lowest BCUT2D eigenvalue weighted by Crippen LogP contribution is -2.37. The molecule has 0 radical (unpaired) electrons. The van der Waals surface area contributed by atoms with Crippen LogP contribution in [0.2, 0.25) is 0 Å². The average molecular weight is 343 g/mol. The first kappa shape index (κ1) is 16.5. The molecule has 25 heavy (non-hydrogen) atoms. The van der Waals surface area contributed by atoms with Gasteiger partial charge in [-0.1, -0.05) is 0 Å². The zero-order valence-corrected chi connectivity index (χ0v) is 14.6. The standard InChI is InChI=1S/C18H25N5O2/c1-22-11-13(10-20-22)9-19-15-2-4-16(5-3-15)23-18(24)8-14-12-25-7-6-17(14)21-23/h8,10-11,15-16,19H,2-7,9,12H2,1H3. The molecule has 0 amide bonds. The van der Waals surface area contributed by atoms with Crippen LogP contribution in [0.25, 0.3) is 0 Å². The molecule has 1 N–H and O–H groups in total. The topological polar surface area (TPSA) is 74.0 Å². The molecule has 0 atom stereocenters. The minimum Gasteiger partial charge on any atom is -0.376 e. The number of aryl methyl sites for hydroxylation is 1. The van der Waals surface area contributed by atoms with Gasteiger partial charge in [-0.05, 0) is 25.7 Å². The molecule has 4 rings (SSSR count). The number of ether oxygens (including phenoxy) is 1. The Morgan fingerprint density at radius 1 is 1.32 bits per heavy atom. The van der Waals surface area contributed by atoms with Crippen LogP contribution in [0.15, 0.2) is 23.3 Å². The molecule has 0 spiro atoms. The van der Waals surface area contributed by atoms with Gasteiger partial charge in [-0.3, -0.25) is 9.48 Å². The van der Waals surface area contributed by atoms with Crippen molar-refractivity contribution in [3.8, 4) is 0 Å². The molecule has 2 aromatic heterocycles. The molecule has 1 fully saturated rings. The highest BCUT2D eigenvalue weighted by Crippen LogP contribution is 2.27. The molecule has 0 saturated heterocycles. The maximum Gasteiger partial charge on any atom is 0.267 e. The second-order valence-electron chi connectivity index (χ2n) is 7.11. The van der Waals surface area contributed by atoms with Crippen LogP contribution in [0.1, 0.15) is 48.5 Å². The molecule has 2 aliphatic rings. The van der Waals surface area contributed by atoms with Crippen molar-refractivity contribution in [3.63, 3.8) is 0 Å². The van der Waals surface area contributed by atoms with Gasteiger partial charge in [0.1, 0.15) is 0 Å². The summed E-state index contributed by atoms with van der Waals surface area (Å²) < 4.78 is 8.96. The Morgan fingerprint density at radius 2 is 2.16 bits per heavy atom. The van der Waals surface area contributed by atoms with E-state index in [0.717, 1.165) is 49.9 Å². The van der Waals surface area contributed by atoms with E-state index in [1.54, 1.807) is 10.7 Å². The summed E-state index contributed by atoms with van der Waals surface area (Å²) in [6.07, 6.45) is 8.87. The van der Waals surface area contributed by atoms with Crippen LogP contribution >= 0.6 is 0 Å². The van der Waals surface area contributed by atoms with Gasteiger partial charge in [-0.2, -0.15) is 10.2 Å². The van der Waals surface area contributed by atoms with Crippen LogP contribution in [0, 0.1) is 0 Å². The van der Waals surface area contributed by atoms with Crippen molar-refractivity contribution in [3.05, 3.63) is 45.6 Å². The number of rotatable bonds is 4. The normalized spacial score (nSPS) is 23.4. The van der Waals surface area contributed by atoms with Crippen LogP contribution in [0.3, 0.4) is 0 Å². The first-order valence-corrected chi connectivity index (χ1v) is 9.09. The summed E-state index contributed by atoms with van der Waals surface area (Å²) in [5.74, 6) is 0. The summed E-state index contributed by atoms with van der Waals surface area (Å²) in [7, 11) is 1.93. The van der Waals surface area contributed by atoms with Gasteiger partial charge in [0.2, 0.25) is 0 Å². The van der Waals surface area contributed by atoms with E-state index in [-0.39, 0.29) is 11.6 Å². The van der Waals surface area contributed by atoms with E-state index >= 15 is 0 Å². The van der Waals surface area contributed by atoms with E-state index in [1.807, 2.05) is 24.1 Å². The Hall–Kier alpha value is -1.99. The smallest absolute Gasteiger partial charge is 0.267 e. The van der Waals surface area contributed by atoms with E-state index < -0.39 is 0 Å². The van der Waals surface area contributed by atoms with Crippen LogP contribution in [0.4, 0.5) is 0 Å². The third-order valence-electron chi connectivity index (χ3n) is 5.26. The predicted molar refractivity (Wildman–Crippen MR) is 93.2 cm³/mol. The Bertz CT molecular complexity index is 789. The van der Waals surface area contributed by atoms with Gasteiger partial charge < -0.3 is 10.1 Å². The molecular formula is C18H25N5O2. The lowest BCUT2D eigenvalue weighted by atomic mass is 9.91. The second-order valence-corrected chi connectivity index (χ2v) is 7.11. The summed E-state index contributed by atoms with van der Waals surface area (Å²) in [5.41, 5.74) is 3.21. The Morgan fingerprint density at radius 3 is 2.92 bits per heavy atom. The van der Waals surface area contributed by atoms with E-state index in [1.165, 1.54) is 5.56 Å². The summed E-state index contributed by atoms with van der Waals surface area (Å²) in [5, 5.41) is 12.5. The Balaban J connectivity index is 1.36. The fourth-order valence-electron chi connectivity index (χ4n) is 3.84. The average Bonchev–Trinajstić information content (AvgIpc) is 3.05. The van der Waals surface area contributed by atoms with Crippen LogP contribution < -0.4 is 10.9 Å². The molecule has 0 bridgehead atoms. The lowest BCUT2D eigenvalue weighted by Gasteiger charge is -2.30. The van der Waals surface area contributed by atoms with E-state index in [2.05, 4.69) is 15.5 Å². The number of hydrogen-bond acceptors (Lipinski definition) is 5. The van der Waals surface area contributed by atoms with Gasteiger partial charge >= 0.3 is 0 Å². The highest BCUT2D eigenvalue weighted by atomic mass is 16.5. The van der Waals surface area contributed by atoms with Gasteiger partial charge in [0, 0.05) is 49.4 Å². The van der Waals surface area contributed by atoms with Crippen molar-refractivity contribution in [2.24, 2.45) is 7.05 Å². The molecule has 134 valence electrons. The molecular weight excluding hydrogens is 318 g/mol. The number of nitrogens with zero attached hydrogens (tertiary/aromatic N) is 4. The molecule has 1 aliphatic carbocycles. The Labute approximate surface area is 147 Å². The molecule has 0 unspecified atom stereocenters. The predicted octanol–water partition coefficient (Wildman–Crippen LogP) is 1.32. The number of fused-ring (bicyclic) bond motifs is 1. The third kappa shape index (κ3) is 3.67. The first-order chi connectivity index (χ1) is 12.2. The zero-order chi connectivity index (χ0) is 17.2. The van der Waals surface area contributed by atoms with Crippen LogP contribution in [-0.2, 0) is 31.4 Å². The molecule has 1 aliphatic heterocycles. The molecule has 7 heteroatoms. The number of hydrogen-bond donors (Lipinski definition) is 1. The minimum absolute atomic E-state index is 0.0102. The van der Waals surface area contributed by atoms with Crippen molar-refractivity contribution in [1.82, 2.24) is 24.9 Å². The van der Waals surface area contributed by atoms with Crippen molar-refractivity contribution >= 4 is 0 Å². The first-order valence-electron chi connectivity index (χ1n) is 9.09. The largest absolute Gasteiger partial charge is 0.376 e. The molecule has 1 saturated carbocycles. The molecule has 3 heterocycles. The lowest BCUT2D eigenvalue weighted by molar-refractivity contribution is 0.107. The maximum absolute atomic E-state index is 12.4. The van der Waals surface area contributed by atoms with Crippen LogP contribution in [-0.4, -0.2) is 32.2 Å². The third-order valence-corrected chi connectivity index (χ3v) is 5.26. The van der Waals surface area contributed by atoms with Gasteiger partial charge in [0.05, 0.1) is 31.1 Å². The van der Waals surface area contributed by atoms with E-state index in [0.29, 0.717) is 19.3 Å². The summed E-state index contributed by atoms with van der Waals surface area (Å²) >= 11 is 0. The van der Waals surface area contributed by atoms with E-state index in [4.69, 9.17) is 4.74 Å². The summed E-state index contributed by atoms with van der Waals surface area (Å²) in [6, 6.07) is 2.43. The number of nitrogens with one attached hydrogen (secondary N) is 1. The van der Waals surface area contributed by atoms with Crippen molar-refractivity contribution in [2.75, 3.05) is 6.61 Å². The molecule has 2 aromatic rings. The minimum atomic E-state index is 0.0102. The SMILES string of the molecule is Cn1cc(CNC2CCC(n3nc4c(cc3=O)COCC4)CC2)cn1. The van der Waals surface area contributed by atoms with Gasteiger partial charge in [0.15, 0.2) is 0 Å². The second kappa shape index (κ2) is 7.09.